The van der Waals surface area contributed by atoms with Crippen LogP contribution in [-0.2, 0) is 4.74 Å². The smallest absolute Gasteiger partial charge is 0.267 e. The van der Waals surface area contributed by atoms with Crippen LogP contribution < -0.4 is 11.1 Å². The first kappa shape index (κ1) is 12.8. The van der Waals surface area contributed by atoms with Crippen molar-refractivity contribution in [1.29, 1.82) is 0 Å². The van der Waals surface area contributed by atoms with Crippen molar-refractivity contribution in [1.82, 2.24) is 4.98 Å². The Balaban J connectivity index is 1.72. The van der Waals surface area contributed by atoms with Gasteiger partial charge in [-0.2, -0.15) is 0 Å². The second-order valence-electron chi connectivity index (χ2n) is 4.50. The fourth-order valence-electron chi connectivity index (χ4n) is 2.15. The van der Waals surface area contributed by atoms with Crippen LogP contribution in [0.5, 0.6) is 0 Å². The average Bonchev–Trinajstić information content (AvgIpc) is 2.88. The maximum atomic E-state index is 11.0. The number of nitrogens with zero attached hydrogens (tertiary/aromatic N) is 1. The van der Waals surface area contributed by atoms with E-state index in [4.69, 9.17) is 10.5 Å². The number of ether oxygens (including phenoxy) is 1. The molecule has 1 fully saturated rings. The zero-order valence-electron chi connectivity index (χ0n) is 10.4. The second kappa shape index (κ2) is 6.35. The number of aromatic nitrogens is 1. The van der Waals surface area contributed by atoms with Gasteiger partial charge < -0.3 is 15.8 Å². The highest BCUT2D eigenvalue weighted by molar-refractivity contribution is 5.91. The van der Waals surface area contributed by atoms with E-state index in [0.717, 1.165) is 12.2 Å². The minimum absolute atomic E-state index is 0.275. The minimum atomic E-state index is -0.513. The molecule has 1 amide bonds. The standard InChI is InChI=1S/C13H19N3O2/c14-13(17)12-9-10(5-6-16-12)15-7-8-18-11-3-1-2-4-11/h5-6,9,11H,1-4,7-8H2,(H2,14,17)(H,15,16). The van der Waals surface area contributed by atoms with Crippen molar-refractivity contribution in [2.24, 2.45) is 5.73 Å². The van der Waals surface area contributed by atoms with Crippen LogP contribution in [0.2, 0.25) is 0 Å². The van der Waals surface area contributed by atoms with Gasteiger partial charge in [0.1, 0.15) is 5.69 Å². The summed E-state index contributed by atoms with van der Waals surface area (Å²) in [4.78, 5) is 14.8. The normalized spacial score (nSPS) is 15.8. The summed E-state index contributed by atoms with van der Waals surface area (Å²) in [5.74, 6) is -0.513. The van der Waals surface area contributed by atoms with Crippen molar-refractivity contribution < 1.29 is 9.53 Å². The third kappa shape index (κ3) is 3.70. The van der Waals surface area contributed by atoms with E-state index in [1.807, 2.05) is 6.07 Å². The number of pyridine rings is 1. The van der Waals surface area contributed by atoms with Crippen LogP contribution in [0.4, 0.5) is 5.69 Å². The van der Waals surface area contributed by atoms with Gasteiger partial charge in [-0.3, -0.25) is 9.78 Å². The zero-order chi connectivity index (χ0) is 12.8. The second-order valence-corrected chi connectivity index (χ2v) is 4.50. The number of hydrogen-bond acceptors (Lipinski definition) is 4. The molecule has 0 radical (unpaired) electrons. The zero-order valence-corrected chi connectivity index (χ0v) is 10.4. The summed E-state index contributed by atoms with van der Waals surface area (Å²) >= 11 is 0. The molecule has 0 spiro atoms. The molecule has 0 unspecified atom stereocenters. The lowest BCUT2D eigenvalue weighted by atomic mass is 10.3. The van der Waals surface area contributed by atoms with Gasteiger partial charge in [-0.15, -0.1) is 0 Å². The maximum absolute atomic E-state index is 11.0. The summed E-state index contributed by atoms with van der Waals surface area (Å²) in [6.07, 6.45) is 6.93. The maximum Gasteiger partial charge on any atom is 0.267 e. The summed E-state index contributed by atoms with van der Waals surface area (Å²) in [6.45, 7) is 1.40. The van der Waals surface area contributed by atoms with Crippen LogP contribution in [-0.4, -0.2) is 30.1 Å². The summed E-state index contributed by atoms with van der Waals surface area (Å²) < 4.78 is 5.73. The van der Waals surface area contributed by atoms with Crippen molar-refractivity contribution in [2.75, 3.05) is 18.5 Å². The number of anilines is 1. The molecule has 1 aromatic heterocycles. The molecule has 1 heterocycles. The van der Waals surface area contributed by atoms with Gasteiger partial charge in [0.15, 0.2) is 0 Å². The predicted octanol–water partition coefficient (Wildman–Crippen LogP) is 1.55. The monoisotopic (exact) mass is 249 g/mol. The Morgan fingerprint density at radius 1 is 1.50 bits per heavy atom. The number of primary amides is 1. The number of carbonyl (C=O) groups is 1. The van der Waals surface area contributed by atoms with E-state index in [0.29, 0.717) is 12.7 Å². The third-order valence-corrected chi connectivity index (χ3v) is 3.10. The Bertz CT molecular complexity index is 403. The lowest BCUT2D eigenvalue weighted by molar-refractivity contribution is 0.0659. The number of nitrogens with one attached hydrogen (secondary N) is 1. The Labute approximate surface area is 107 Å². The van der Waals surface area contributed by atoms with E-state index in [-0.39, 0.29) is 5.69 Å². The molecule has 3 N–H and O–H groups in total. The molecule has 1 aliphatic rings. The van der Waals surface area contributed by atoms with Crippen molar-refractivity contribution in [3.63, 3.8) is 0 Å². The fourth-order valence-corrected chi connectivity index (χ4v) is 2.15. The van der Waals surface area contributed by atoms with E-state index < -0.39 is 5.91 Å². The topological polar surface area (TPSA) is 77.2 Å². The molecule has 1 aromatic rings. The van der Waals surface area contributed by atoms with Crippen molar-refractivity contribution in [3.8, 4) is 0 Å². The molecule has 5 nitrogen and oxygen atoms in total. The van der Waals surface area contributed by atoms with Crippen LogP contribution in [0.25, 0.3) is 0 Å². The van der Waals surface area contributed by atoms with Gasteiger partial charge >= 0.3 is 0 Å². The fraction of sp³-hybridized carbons (Fsp3) is 0.538. The molecular formula is C13H19N3O2. The Hall–Kier alpha value is -1.62. The van der Waals surface area contributed by atoms with E-state index in [1.54, 1.807) is 12.3 Å². The summed E-state index contributed by atoms with van der Waals surface area (Å²) in [5, 5.41) is 3.19. The molecule has 1 aliphatic carbocycles. The van der Waals surface area contributed by atoms with Gasteiger partial charge in [-0.1, -0.05) is 12.8 Å². The highest BCUT2D eigenvalue weighted by Crippen LogP contribution is 2.20. The molecule has 18 heavy (non-hydrogen) atoms. The predicted molar refractivity (Wildman–Crippen MR) is 69.5 cm³/mol. The van der Waals surface area contributed by atoms with Crippen molar-refractivity contribution in [3.05, 3.63) is 24.0 Å². The van der Waals surface area contributed by atoms with E-state index in [2.05, 4.69) is 10.3 Å². The Morgan fingerprint density at radius 3 is 3.00 bits per heavy atom. The third-order valence-electron chi connectivity index (χ3n) is 3.10. The minimum Gasteiger partial charge on any atom is -0.383 e. The van der Waals surface area contributed by atoms with Crippen LogP contribution in [0.15, 0.2) is 18.3 Å². The van der Waals surface area contributed by atoms with E-state index >= 15 is 0 Å². The molecule has 1 saturated carbocycles. The average molecular weight is 249 g/mol. The first-order chi connectivity index (χ1) is 8.75. The number of amides is 1. The summed E-state index contributed by atoms with van der Waals surface area (Å²) in [7, 11) is 0. The molecular weight excluding hydrogens is 230 g/mol. The van der Waals surface area contributed by atoms with Gasteiger partial charge in [0.05, 0.1) is 12.7 Å². The number of nitrogens with two attached hydrogens (primary N) is 1. The van der Waals surface area contributed by atoms with Crippen molar-refractivity contribution >= 4 is 11.6 Å². The Kier molecular flexibility index (Phi) is 4.52. The van der Waals surface area contributed by atoms with Gasteiger partial charge in [0.25, 0.3) is 5.91 Å². The van der Waals surface area contributed by atoms with Crippen LogP contribution in [0.1, 0.15) is 36.2 Å². The van der Waals surface area contributed by atoms with Gasteiger partial charge in [-0.05, 0) is 25.0 Å². The first-order valence-corrected chi connectivity index (χ1v) is 6.37. The molecule has 0 bridgehead atoms. The van der Waals surface area contributed by atoms with Gasteiger partial charge in [-0.25, -0.2) is 0 Å². The highest BCUT2D eigenvalue weighted by atomic mass is 16.5. The van der Waals surface area contributed by atoms with E-state index in [1.165, 1.54) is 25.7 Å². The molecule has 0 aliphatic heterocycles. The van der Waals surface area contributed by atoms with Gasteiger partial charge in [0.2, 0.25) is 0 Å². The molecule has 5 heteroatoms. The van der Waals surface area contributed by atoms with Crippen LogP contribution >= 0.6 is 0 Å². The summed E-state index contributed by atoms with van der Waals surface area (Å²) in [6, 6.07) is 3.46. The molecule has 0 saturated heterocycles. The molecule has 0 aromatic carbocycles. The number of hydrogen-bond donors (Lipinski definition) is 2. The highest BCUT2D eigenvalue weighted by Gasteiger charge is 2.14. The largest absolute Gasteiger partial charge is 0.383 e. The summed E-state index contributed by atoms with van der Waals surface area (Å²) in [5.41, 5.74) is 6.28. The quantitative estimate of drug-likeness (QED) is 0.750. The van der Waals surface area contributed by atoms with Gasteiger partial charge in [0, 0.05) is 18.4 Å². The number of rotatable bonds is 6. The molecule has 2 rings (SSSR count). The first-order valence-electron chi connectivity index (χ1n) is 6.37. The lowest BCUT2D eigenvalue weighted by Crippen LogP contribution is -2.16. The SMILES string of the molecule is NC(=O)c1cc(NCCOC2CCCC2)ccn1. The molecule has 0 atom stereocenters. The number of carbonyl (C=O) groups excluding carboxylic acids is 1. The van der Waals surface area contributed by atoms with Crippen LogP contribution in [0.3, 0.4) is 0 Å². The lowest BCUT2D eigenvalue weighted by Gasteiger charge is -2.12. The van der Waals surface area contributed by atoms with Crippen LogP contribution in [0, 0.1) is 0 Å². The van der Waals surface area contributed by atoms with Crippen molar-refractivity contribution in [2.45, 2.75) is 31.8 Å². The Morgan fingerprint density at radius 2 is 2.28 bits per heavy atom. The molecule has 98 valence electrons. The van der Waals surface area contributed by atoms with E-state index in [9.17, 15) is 4.79 Å².